The molecule has 2 N–H and O–H groups in total. The molecule has 3 aromatic rings. The molecule has 0 radical (unpaired) electrons. The van der Waals surface area contributed by atoms with Gasteiger partial charge in [0.05, 0.1) is 23.0 Å². The summed E-state index contributed by atoms with van der Waals surface area (Å²) in [5.74, 6) is -0.900. The highest BCUT2D eigenvalue weighted by molar-refractivity contribution is 7.92. The molecule has 1 atom stereocenters. The molecule has 0 amide bonds. The summed E-state index contributed by atoms with van der Waals surface area (Å²) >= 11 is 0. The summed E-state index contributed by atoms with van der Waals surface area (Å²) in [7, 11) is -4.26. The molecular formula is C24H22F4N2O2S. The van der Waals surface area contributed by atoms with E-state index in [0.717, 1.165) is 18.2 Å². The average Bonchev–Trinajstić information content (AvgIpc) is 2.72. The minimum absolute atomic E-state index is 0.0157. The van der Waals surface area contributed by atoms with Gasteiger partial charge >= 0.3 is 6.18 Å². The summed E-state index contributed by atoms with van der Waals surface area (Å²) in [6.07, 6.45) is -4.14. The smallest absolute Gasteiger partial charge is 0.377 e. The predicted octanol–water partition coefficient (Wildman–Crippen LogP) is 6.48. The van der Waals surface area contributed by atoms with Crippen LogP contribution in [0.3, 0.4) is 0 Å². The van der Waals surface area contributed by atoms with Crippen LogP contribution in [-0.4, -0.2) is 8.42 Å². The molecule has 0 aromatic heterocycles. The monoisotopic (exact) mass is 478 g/mol. The van der Waals surface area contributed by atoms with Gasteiger partial charge in [-0.1, -0.05) is 56.3 Å². The third-order valence-electron chi connectivity index (χ3n) is 5.84. The van der Waals surface area contributed by atoms with Crippen LogP contribution in [0.15, 0.2) is 71.6 Å². The zero-order valence-corrected chi connectivity index (χ0v) is 18.7. The van der Waals surface area contributed by atoms with Crippen molar-refractivity contribution in [1.82, 2.24) is 0 Å². The minimum atomic E-state index is -4.55. The van der Waals surface area contributed by atoms with Gasteiger partial charge in [-0.2, -0.15) is 13.2 Å². The summed E-state index contributed by atoms with van der Waals surface area (Å²) in [5.41, 5.74) is -0.238. The molecule has 1 unspecified atom stereocenters. The van der Waals surface area contributed by atoms with Crippen molar-refractivity contribution < 1.29 is 26.0 Å². The van der Waals surface area contributed by atoms with Gasteiger partial charge in [0.2, 0.25) is 0 Å². The highest BCUT2D eigenvalue weighted by Crippen LogP contribution is 2.49. The maximum Gasteiger partial charge on any atom is 0.418 e. The number of hydrogen-bond acceptors (Lipinski definition) is 3. The van der Waals surface area contributed by atoms with Crippen LogP contribution in [0.1, 0.15) is 43.0 Å². The molecule has 3 aromatic carbocycles. The molecule has 9 heteroatoms. The van der Waals surface area contributed by atoms with Crippen LogP contribution in [-0.2, 0) is 21.6 Å². The van der Waals surface area contributed by atoms with E-state index in [1.165, 1.54) is 24.3 Å². The lowest BCUT2D eigenvalue weighted by atomic mass is 9.73. The number of sulfonamides is 1. The third-order valence-corrected chi connectivity index (χ3v) is 7.24. The maximum atomic E-state index is 14.1. The Morgan fingerprint density at radius 3 is 2.33 bits per heavy atom. The highest BCUT2D eigenvalue weighted by atomic mass is 32.2. The number of benzene rings is 3. The Morgan fingerprint density at radius 2 is 1.64 bits per heavy atom. The van der Waals surface area contributed by atoms with Crippen molar-refractivity contribution in [2.75, 3.05) is 10.0 Å². The lowest BCUT2D eigenvalue weighted by Gasteiger charge is -2.40. The fourth-order valence-electron chi connectivity index (χ4n) is 4.30. The van der Waals surface area contributed by atoms with Crippen LogP contribution < -0.4 is 10.0 Å². The highest BCUT2D eigenvalue weighted by Gasteiger charge is 2.41. The van der Waals surface area contributed by atoms with Crippen molar-refractivity contribution in [2.24, 2.45) is 0 Å². The largest absolute Gasteiger partial charge is 0.418 e. The van der Waals surface area contributed by atoms with Crippen LogP contribution >= 0.6 is 0 Å². The molecule has 1 aliphatic heterocycles. The second kappa shape index (κ2) is 8.06. The van der Waals surface area contributed by atoms with Crippen molar-refractivity contribution in [1.29, 1.82) is 0 Å². The van der Waals surface area contributed by atoms with Gasteiger partial charge in [-0.15, -0.1) is 0 Å². The Kier molecular flexibility index (Phi) is 5.64. The number of fused-ring (bicyclic) bond motifs is 1. The SMILES string of the molecule is CC1(C)CC(c2ccccc2NS(=O)(=O)c2ccccc2F)Nc2c(C(F)(F)F)cccc21. The molecule has 0 saturated heterocycles. The van der Waals surface area contributed by atoms with Crippen LogP contribution in [0, 0.1) is 5.82 Å². The van der Waals surface area contributed by atoms with E-state index in [-0.39, 0.29) is 11.4 Å². The van der Waals surface area contributed by atoms with Crippen molar-refractivity contribution in [3.63, 3.8) is 0 Å². The van der Waals surface area contributed by atoms with E-state index in [9.17, 15) is 26.0 Å². The third kappa shape index (κ3) is 4.42. The topological polar surface area (TPSA) is 58.2 Å². The zero-order chi connectivity index (χ0) is 24.0. The van der Waals surface area contributed by atoms with E-state index in [4.69, 9.17) is 0 Å². The van der Waals surface area contributed by atoms with Gasteiger partial charge in [0.25, 0.3) is 10.0 Å². The minimum Gasteiger partial charge on any atom is -0.377 e. The standard InChI is InChI=1S/C24H22F4N2O2S/c1-23(2)14-20(29-22-16(23)9-7-10-17(22)24(26,27)28)15-8-3-5-12-19(15)30-33(31,32)21-13-6-4-11-18(21)25/h3-13,20,29-30H,14H2,1-2H3. The Balaban J connectivity index is 1.76. The predicted molar refractivity (Wildman–Crippen MR) is 119 cm³/mol. The molecule has 4 nitrogen and oxygen atoms in total. The molecule has 4 rings (SSSR count). The fraction of sp³-hybridized carbons (Fsp3) is 0.250. The first-order valence-electron chi connectivity index (χ1n) is 10.2. The molecule has 1 heterocycles. The van der Waals surface area contributed by atoms with E-state index in [1.54, 1.807) is 24.3 Å². The van der Waals surface area contributed by atoms with Gasteiger partial charge < -0.3 is 5.32 Å². The van der Waals surface area contributed by atoms with Gasteiger partial charge in [-0.05, 0) is 47.2 Å². The summed E-state index contributed by atoms with van der Waals surface area (Å²) in [6, 6.07) is 14.9. The summed E-state index contributed by atoms with van der Waals surface area (Å²) in [6.45, 7) is 3.71. The Hall–Kier alpha value is -3.07. The molecule has 0 saturated carbocycles. The Morgan fingerprint density at radius 1 is 0.970 bits per heavy atom. The lowest BCUT2D eigenvalue weighted by Crippen LogP contribution is -2.33. The number of rotatable bonds is 4. The van der Waals surface area contributed by atoms with E-state index in [0.29, 0.717) is 17.5 Å². The summed E-state index contributed by atoms with van der Waals surface area (Å²) in [4.78, 5) is -0.513. The van der Waals surface area contributed by atoms with Crippen molar-refractivity contribution >= 4 is 21.4 Å². The van der Waals surface area contributed by atoms with Gasteiger partial charge in [0.15, 0.2) is 0 Å². The molecule has 0 spiro atoms. The normalized spacial score (nSPS) is 17.7. The Labute approximate surface area is 189 Å². The van der Waals surface area contributed by atoms with E-state index >= 15 is 0 Å². The van der Waals surface area contributed by atoms with Crippen LogP contribution in [0.5, 0.6) is 0 Å². The first-order chi connectivity index (χ1) is 15.4. The second-order valence-corrected chi connectivity index (χ2v) is 10.3. The maximum absolute atomic E-state index is 14.1. The number of hydrogen-bond donors (Lipinski definition) is 2. The quantitative estimate of drug-likeness (QED) is 0.422. The number of alkyl halides is 3. The summed E-state index contributed by atoms with van der Waals surface area (Å²) < 4.78 is 83.4. The molecule has 0 aliphatic carbocycles. The van der Waals surface area contributed by atoms with Crippen molar-refractivity contribution in [2.45, 2.75) is 42.8 Å². The van der Waals surface area contributed by atoms with Crippen LogP contribution in [0.2, 0.25) is 0 Å². The molecule has 174 valence electrons. The van der Waals surface area contributed by atoms with E-state index in [1.807, 2.05) is 13.8 Å². The summed E-state index contributed by atoms with van der Waals surface area (Å²) in [5, 5.41) is 2.99. The zero-order valence-electron chi connectivity index (χ0n) is 17.9. The molecular weight excluding hydrogens is 456 g/mol. The molecule has 1 aliphatic rings. The molecule has 33 heavy (non-hydrogen) atoms. The first-order valence-corrected chi connectivity index (χ1v) is 11.7. The van der Waals surface area contributed by atoms with Gasteiger partial charge in [-0.3, -0.25) is 4.72 Å². The fourth-order valence-corrected chi connectivity index (χ4v) is 5.47. The molecule has 0 bridgehead atoms. The van der Waals surface area contributed by atoms with Gasteiger partial charge in [-0.25, -0.2) is 12.8 Å². The van der Waals surface area contributed by atoms with Crippen LogP contribution in [0.4, 0.5) is 28.9 Å². The van der Waals surface area contributed by atoms with E-state index in [2.05, 4.69) is 10.0 Å². The second-order valence-electron chi connectivity index (χ2n) is 8.63. The average molecular weight is 479 g/mol. The van der Waals surface area contributed by atoms with Gasteiger partial charge in [0.1, 0.15) is 10.7 Å². The van der Waals surface area contributed by atoms with E-state index < -0.39 is 43.9 Å². The number of anilines is 2. The number of nitrogens with one attached hydrogen (secondary N) is 2. The number of halogens is 4. The van der Waals surface area contributed by atoms with Crippen molar-refractivity contribution in [3.05, 3.63) is 89.2 Å². The lowest BCUT2D eigenvalue weighted by molar-refractivity contribution is -0.137. The van der Waals surface area contributed by atoms with Crippen LogP contribution in [0.25, 0.3) is 0 Å². The first kappa shape index (κ1) is 23.1. The van der Waals surface area contributed by atoms with Gasteiger partial charge in [0, 0.05) is 0 Å². The Bertz CT molecular complexity index is 1290. The number of para-hydroxylation sites is 2. The van der Waals surface area contributed by atoms with Crippen molar-refractivity contribution in [3.8, 4) is 0 Å². The molecule has 0 fully saturated rings.